The van der Waals surface area contributed by atoms with Gasteiger partial charge in [-0.05, 0) is 54.7 Å². The van der Waals surface area contributed by atoms with E-state index in [1.54, 1.807) is 0 Å². The van der Waals surface area contributed by atoms with E-state index < -0.39 is 5.41 Å². The zero-order valence-electron chi connectivity index (χ0n) is 14.9. The van der Waals surface area contributed by atoms with Gasteiger partial charge in [-0.2, -0.15) is 0 Å². The lowest BCUT2D eigenvalue weighted by Gasteiger charge is -2.37. The Kier molecular flexibility index (Phi) is 5.26. The number of benzene rings is 1. The Bertz CT molecular complexity index is 591. The number of aryl methyl sites for hydroxylation is 1. The van der Waals surface area contributed by atoms with Crippen LogP contribution in [0.15, 0.2) is 18.2 Å². The lowest BCUT2D eigenvalue weighted by atomic mass is 9.78. The van der Waals surface area contributed by atoms with Crippen molar-refractivity contribution < 1.29 is 9.53 Å². The Morgan fingerprint density at radius 2 is 2.12 bits per heavy atom. The molecular formula is C20H30N2O2. The highest BCUT2D eigenvalue weighted by atomic mass is 16.5. The van der Waals surface area contributed by atoms with Gasteiger partial charge in [0.15, 0.2) is 0 Å². The highest BCUT2D eigenvalue weighted by Gasteiger charge is 2.39. The summed E-state index contributed by atoms with van der Waals surface area (Å²) >= 11 is 0. The molecule has 1 heterocycles. The molecule has 0 bridgehead atoms. The van der Waals surface area contributed by atoms with Gasteiger partial charge >= 0.3 is 0 Å². The van der Waals surface area contributed by atoms with E-state index in [1.807, 2.05) is 0 Å². The van der Waals surface area contributed by atoms with Crippen LogP contribution in [0, 0.1) is 5.41 Å². The van der Waals surface area contributed by atoms with E-state index in [-0.39, 0.29) is 5.91 Å². The zero-order chi connectivity index (χ0) is 17.2. The summed E-state index contributed by atoms with van der Waals surface area (Å²) < 4.78 is 5.43. The molecule has 4 nitrogen and oxygen atoms in total. The summed E-state index contributed by atoms with van der Waals surface area (Å²) in [4.78, 5) is 12.1. The molecule has 0 radical (unpaired) electrons. The van der Waals surface area contributed by atoms with E-state index in [1.165, 1.54) is 23.1 Å². The predicted molar refractivity (Wildman–Crippen MR) is 95.9 cm³/mol. The number of carbonyl (C=O) groups excluding carboxylic acids is 1. The lowest BCUT2D eigenvalue weighted by Crippen LogP contribution is -2.49. The summed E-state index contributed by atoms with van der Waals surface area (Å²) in [6, 6.07) is 7.23. The van der Waals surface area contributed by atoms with Crippen molar-refractivity contribution >= 4 is 5.91 Å². The number of primary amides is 1. The number of carbonyl (C=O) groups is 1. The molecule has 1 atom stereocenters. The van der Waals surface area contributed by atoms with Gasteiger partial charge < -0.3 is 15.8 Å². The molecule has 4 heteroatoms. The van der Waals surface area contributed by atoms with Crippen LogP contribution in [0.2, 0.25) is 0 Å². The van der Waals surface area contributed by atoms with Crippen LogP contribution >= 0.6 is 0 Å². The summed E-state index contributed by atoms with van der Waals surface area (Å²) in [6.07, 6.45) is 4.92. The van der Waals surface area contributed by atoms with Gasteiger partial charge in [-0.25, -0.2) is 0 Å². The van der Waals surface area contributed by atoms with Gasteiger partial charge in [-0.1, -0.05) is 32.0 Å². The third-order valence-electron chi connectivity index (χ3n) is 5.81. The average Bonchev–Trinajstić information content (AvgIpc) is 2.60. The summed E-state index contributed by atoms with van der Waals surface area (Å²) in [5, 5.41) is 3.68. The highest BCUT2D eigenvalue weighted by molar-refractivity contribution is 5.81. The summed E-state index contributed by atoms with van der Waals surface area (Å²) in [6.45, 7) is 6.38. The predicted octanol–water partition coefficient (Wildman–Crippen LogP) is 3.06. The van der Waals surface area contributed by atoms with Crippen molar-refractivity contribution in [3.8, 4) is 0 Å². The molecule has 0 aromatic heterocycles. The van der Waals surface area contributed by atoms with Crippen molar-refractivity contribution in [3.63, 3.8) is 0 Å². The van der Waals surface area contributed by atoms with Crippen LogP contribution in [0.25, 0.3) is 0 Å². The quantitative estimate of drug-likeness (QED) is 0.872. The monoisotopic (exact) mass is 330 g/mol. The maximum atomic E-state index is 12.1. The molecule has 132 valence electrons. The topological polar surface area (TPSA) is 64.3 Å². The van der Waals surface area contributed by atoms with Gasteiger partial charge in [0.2, 0.25) is 5.91 Å². The Morgan fingerprint density at radius 1 is 1.38 bits per heavy atom. The molecule has 0 spiro atoms. The van der Waals surface area contributed by atoms with Gasteiger partial charge in [-0.3, -0.25) is 4.79 Å². The Hall–Kier alpha value is -1.39. The molecule has 24 heavy (non-hydrogen) atoms. The largest absolute Gasteiger partial charge is 0.381 e. The first-order valence-corrected chi connectivity index (χ1v) is 9.25. The van der Waals surface area contributed by atoms with Crippen LogP contribution in [0.4, 0.5) is 0 Å². The third-order valence-corrected chi connectivity index (χ3v) is 5.81. The molecule has 1 aliphatic carbocycles. The van der Waals surface area contributed by atoms with Gasteiger partial charge in [0, 0.05) is 25.8 Å². The molecule has 0 unspecified atom stereocenters. The standard InChI is InChI=1S/C20H30N2O2/c1-14(2)16-7-6-15-4-3-5-18(17(15)12-16)22-13-20(19(21)23)8-10-24-11-9-20/h6-7,12,14,18,22H,3-5,8-11,13H2,1-2H3,(H2,21,23)/t18-/m1/s1. The summed E-state index contributed by atoms with van der Waals surface area (Å²) in [7, 11) is 0. The van der Waals surface area contributed by atoms with E-state index >= 15 is 0 Å². The Balaban J connectivity index is 1.77. The minimum Gasteiger partial charge on any atom is -0.381 e. The van der Waals surface area contributed by atoms with Crippen molar-refractivity contribution in [1.29, 1.82) is 0 Å². The highest BCUT2D eigenvalue weighted by Crippen LogP contribution is 2.35. The van der Waals surface area contributed by atoms with Crippen LogP contribution in [0.5, 0.6) is 0 Å². The molecule has 1 amide bonds. The number of fused-ring (bicyclic) bond motifs is 1. The first-order valence-electron chi connectivity index (χ1n) is 9.25. The number of nitrogens with two attached hydrogens (primary N) is 1. The van der Waals surface area contributed by atoms with Crippen molar-refractivity contribution in [1.82, 2.24) is 5.32 Å². The molecular weight excluding hydrogens is 300 g/mol. The van der Waals surface area contributed by atoms with E-state index in [0.717, 1.165) is 25.7 Å². The van der Waals surface area contributed by atoms with Gasteiger partial charge in [0.25, 0.3) is 0 Å². The smallest absolute Gasteiger partial charge is 0.225 e. The van der Waals surface area contributed by atoms with Crippen molar-refractivity contribution in [3.05, 3.63) is 34.9 Å². The molecule has 1 aromatic carbocycles. The zero-order valence-corrected chi connectivity index (χ0v) is 14.9. The first kappa shape index (κ1) is 17.4. The second-order valence-electron chi connectivity index (χ2n) is 7.70. The molecule has 1 aromatic rings. The van der Waals surface area contributed by atoms with Crippen molar-refractivity contribution in [2.75, 3.05) is 19.8 Å². The van der Waals surface area contributed by atoms with E-state index in [2.05, 4.69) is 37.4 Å². The summed E-state index contributed by atoms with van der Waals surface area (Å²) in [5.74, 6) is 0.343. The van der Waals surface area contributed by atoms with Gasteiger partial charge in [0.1, 0.15) is 0 Å². The fourth-order valence-electron chi connectivity index (χ4n) is 3.98. The fraction of sp³-hybridized carbons (Fsp3) is 0.650. The maximum absolute atomic E-state index is 12.1. The number of ether oxygens (including phenoxy) is 1. The van der Waals surface area contributed by atoms with Crippen LogP contribution in [-0.4, -0.2) is 25.7 Å². The fourth-order valence-corrected chi connectivity index (χ4v) is 3.98. The Labute approximate surface area is 145 Å². The van der Waals surface area contributed by atoms with Crippen molar-refractivity contribution in [2.45, 2.75) is 57.9 Å². The summed E-state index contributed by atoms with van der Waals surface area (Å²) in [5.41, 5.74) is 9.54. The minimum absolute atomic E-state index is 0.190. The number of hydrogen-bond acceptors (Lipinski definition) is 3. The number of rotatable bonds is 5. The molecule has 1 aliphatic heterocycles. The van der Waals surface area contributed by atoms with Crippen molar-refractivity contribution in [2.24, 2.45) is 11.1 Å². The number of hydrogen-bond donors (Lipinski definition) is 2. The van der Waals surface area contributed by atoms with Crippen LogP contribution in [0.3, 0.4) is 0 Å². The second-order valence-corrected chi connectivity index (χ2v) is 7.70. The first-order chi connectivity index (χ1) is 11.5. The maximum Gasteiger partial charge on any atom is 0.225 e. The number of amides is 1. The molecule has 1 saturated heterocycles. The van der Waals surface area contributed by atoms with E-state index in [0.29, 0.717) is 31.7 Å². The lowest BCUT2D eigenvalue weighted by molar-refractivity contribution is -0.133. The molecule has 3 rings (SSSR count). The van der Waals surface area contributed by atoms with Crippen LogP contribution < -0.4 is 11.1 Å². The Morgan fingerprint density at radius 3 is 2.79 bits per heavy atom. The van der Waals surface area contributed by atoms with Gasteiger partial charge in [-0.15, -0.1) is 0 Å². The van der Waals surface area contributed by atoms with Gasteiger partial charge in [0.05, 0.1) is 5.41 Å². The normalized spacial score (nSPS) is 23.0. The molecule has 1 fully saturated rings. The number of nitrogens with one attached hydrogen (secondary N) is 1. The molecule has 0 saturated carbocycles. The molecule has 2 aliphatic rings. The SMILES string of the molecule is CC(C)c1ccc2c(c1)[C@H](NCC1(C(N)=O)CCOCC1)CCC2. The third kappa shape index (κ3) is 3.50. The second kappa shape index (κ2) is 7.24. The average molecular weight is 330 g/mol. The molecule has 3 N–H and O–H groups in total. The van der Waals surface area contributed by atoms with E-state index in [9.17, 15) is 4.79 Å². The van der Waals surface area contributed by atoms with Crippen LogP contribution in [0.1, 0.15) is 68.2 Å². The minimum atomic E-state index is -0.453. The van der Waals surface area contributed by atoms with Crippen LogP contribution in [-0.2, 0) is 16.0 Å². The van der Waals surface area contributed by atoms with E-state index in [4.69, 9.17) is 10.5 Å².